The molecule has 0 saturated heterocycles. The van der Waals surface area contributed by atoms with E-state index in [0.717, 1.165) is 12.1 Å². The first kappa shape index (κ1) is 23.1. The minimum absolute atomic E-state index is 0.148. The first-order chi connectivity index (χ1) is 13.6. The predicted octanol–water partition coefficient (Wildman–Crippen LogP) is 3.35. The van der Waals surface area contributed by atoms with Gasteiger partial charge < -0.3 is 19.4 Å². The van der Waals surface area contributed by atoms with E-state index in [0.29, 0.717) is 23.4 Å². The fraction of sp³-hybridized carbons (Fsp3) is 0.450. The van der Waals surface area contributed by atoms with Gasteiger partial charge in [-0.15, -0.1) is 0 Å². The Labute approximate surface area is 179 Å². The number of hydrogen-bond donors (Lipinski definition) is 1. The van der Waals surface area contributed by atoms with Crippen LogP contribution < -0.4 is 15.8 Å². The monoisotopic (exact) mass is 466 g/mol. The molecule has 0 aromatic carbocycles. The Morgan fingerprint density at radius 2 is 2.07 bits per heavy atom. The molecule has 0 bridgehead atoms. The van der Waals surface area contributed by atoms with Crippen LogP contribution in [-0.4, -0.2) is 41.5 Å². The van der Waals surface area contributed by atoms with Crippen molar-refractivity contribution in [2.45, 2.75) is 32.9 Å². The summed E-state index contributed by atoms with van der Waals surface area (Å²) >= 11 is 3.37. The van der Waals surface area contributed by atoms with E-state index in [2.05, 4.69) is 26.2 Å². The third-order valence-electron chi connectivity index (χ3n) is 3.80. The Hall–Kier alpha value is -2.23. The fourth-order valence-corrected chi connectivity index (χ4v) is 3.02. The normalized spacial score (nSPS) is 11.4. The minimum atomic E-state index is -0.724. The minimum Gasteiger partial charge on any atom is -0.443 e. The summed E-state index contributed by atoms with van der Waals surface area (Å²) in [6.45, 7) is 7.25. The molecule has 0 unspecified atom stereocenters. The Kier molecular flexibility index (Phi) is 7.95. The zero-order chi connectivity index (χ0) is 21.6. The number of carbonyl (C=O) groups is 1. The van der Waals surface area contributed by atoms with Gasteiger partial charge in [0.25, 0.3) is 5.56 Å². The molecule has 0 aliphatic heterocycles. The number of methoxy groups -OCH3 is 1. The predicted molar refractivity (Wildman–Crippen MR) is 116 cm³/mol. The largest absolute Gasteiger partial charge is 0.443 e. The van der Waals surface area contributed by atoms with Crippen LogP contribution in [0.3, 0.4) is 0 Å². The highest BCUT2D eigenvalue weighted by Crippen LogP contribution is 2.26. The summed E-state index contributed by atoms with van der Waals surface area (Å²) in [5.74, 6) is 0.301. The van der Waals surface area contributed by atoms with Gasteiger partial charge in [0.2, 0.25) is 0 Å². The molecule has 0 saturated carbocycles. The zero-order valence-corrected chi connectivity index (χ0v) is 18.9. The molecule has 2 heterocycles. The van der Waals surface area contributed by atoms with Crippen LogP contribution in [0.1, 0.15) is 26.3 Å². The molecule has 2 rings (SSSR count). The molecule has 8 nitrogen and oxygen atoms in total. The molecule has 1 N–H and O–H groups in total. The van der Waals surface area contributed by atoms with E-state index in [1.54, 1.807) is 59.5 Å². The summed E-state index contributed by atoms with van der Waals surface area (Å²) in [6, 6.07) is 5.12. The molecule has 1 amide bonds. The maximum Gasteiger partial charge on any atom is 0.420 e. The molecule has 2 aromatic heterocycles. The van der Waals surface area contributed by atoms with E-state index >= 15 is 0 Å². The topological polar surface area (TPSA) is 85.7 Å². The standard InChI is InChI=1S/C20H27BrN4O4/c1-20(2,3)29-19(27)25(16-10-15(21)13-24(4)18(16)26)17-7-6-14(12-23-17)11-22-8-9-28-5/h6-7,10,12-13,22H,8-9,11H2,1-5H3. The Morgan fingerprint density at radius 3 is 2.66 bits per heavy atom. The first-order valence-electron chi connectivity index (χ1n) is 9.16. The van der Waals surface area contributed by atoms with E-state index in [-0.39, 0.29) is 11.2 Å². The van der Waals surface area contributed by atoms with Crippen molar-refractivity contribution >= 4 is 33.5 Å². The number of pyridine rings is 2. The molecule has 2 aromatic rings. The number of ether oxygens (including phenoxy) is 2. The van der Waals surface area contributed by atoms with Gasteiger partial charge >= 0.3 is 6.09 Å². The van der Waals surface area contributed by atoms with Crippen LogP contribution in [0, 0.1) is 0 Å². The quantitative estimate of drug-likeness (QED) is 0.629. The average Bonchev–Trinajstić information content (AvgIpc) is 2.62. The molecule has 0 fully saturated rings. The fourth-order valence-electron chi connectivity index (χ4n) is 2.50. The smallest absolute Gasteiger partial charge is 0.420 e. The third kappa shape index (κ3) is 6.66. The van der Waals surface area contributed by atoms with E-state index in [9.17, 15) is 9.59 Å². The number of amides is 1. The number of carbonyl (C=O) groups excluding carboxylic acids is 1. The van der Waals surface area contributed by atoms with E-state index in [1.165, 1.54) is 9.47 Å². The lowest BCUT2D eigenvalue weighted by molar-refractivity contribution is 0.0597. The van der Waals surface area contributed by atoms with Crippen molar-refractivity contribution in [2.75, 3.05) is 25.2 Å². The van der Waals surface area contributed by atoms with Gasteiger partial charge in [0.15, 0.2) is 0 Å². The third-order valence-corrected chi connectivity index (χ3v) is 4.23. The van der Waals surface area contributed by atoms with Crippen LogP contribution in [0.25, 0.3) is 0 Å². The Balaban J connectivity index is 2.38. The molecule has 0 aliphatic carbocycles. The van der Waals surface area contributed by atoms with Crippen molar-refractivity contribution in [1.29, 1.82) is 0 Å². The lowest BCUT2D eigenvalue weighted by Crippen LogP contribution is -2.37. The molecule has 9 heteroatoms. The lowest BCUT2D eigenvalue weighted by atomic mass is 10.2. The van der Waals surface area contributed by atoms with Crippen molar-refractivity contribution in [3.05, 3.63) is 51.0 Å². The van der Waals surface area contributed by atoms with Crippen LogP contribution in [0.15, 0.2) is 39.9 Å². The maximum atomic E-state index is 12.9. The number of aromatic nitrogens is 2. The average molecular weight is 467 g/mol. The summed E-state index contributed by atoms with van der Waals surface area (Å²) in [5.41, 5.74) is 0.0227. The molecule has 0 aliphatic rings. The Morgan fingerprint density at radius 1 is 1.34 bits per heavy atom. The summed E-state index contributed by atoms with van der Waals surface area (Å²) in [6.07, 6.45) is 2.61. The number of halogens is 1. The van der Waals surface area contributed by atoms with Crippen molar-refractivity contribution in [1.82, 2.24) is 14.9 Å². The van der Waals surface area contributed by atoms with Crippen LogP contribution in [0.4, 0.5) is 16.3 Å². The SMILES string of the molecule is COCCNCc1ccc(N(C(=O)OC(C)(C)C)c2cc(Br)cn(C)c2=O)nc1. The molecule has 0 atom stereocenters. The zero-order valence-electron chi connectivity index (χ0n) is 17.4. The summed E-state index contributed by atoms with van der Waals surface area (Å²) < 4.78 is 12.6. The van der Waals surface area contributed by atoms with Crippen LogP contribution in [-0.2, 0) is 23.1 Å². The maximum absolute atomic E-state index is 12.9. The van der Waals surface area contributed by atoms with Gasteiger partial charge in [0.1, 0.15) is 17.1 Å². The van der Waals surface area contributed by atoms with Crippen molar-refractivity contribution in [2.24, 2.45) is 7.05 Å². The summed E-state index contributed by atoms with van der Waals surface area (Å²) in [7, 11) is 3.27. The number of rotatable bonds is 7. The number of nitrogens with zero attached hydrogens (tertiary/aromatic N) is 3. The van der Waals surface area contributed by atoms with Crippen LogP contribution in [0.5, 0.6) is 0 Å². The number of aryl methyl sites for hydroxylation is 1. The molecule has 0 spiro atoms. The highest BCUT2D eigenvalue weighted by atomic mass is 79.9. The molecular formula is C20H27BrN4O4. The van der Waals surface area contributed by atoms with Gasteiger partial charge in [-0.05, 0) is 54.4 Å². The van der Waals surface area contributed by atoms with Gasteiger partial charge in [0, 0.05) is 44.1 Å². The second-order valence-electron chi connectivity index (χ2n) is 7.47. The molecule has 0 radical (unpaired) electrons. The Bertz CT molecular complexity index is 891. The van der Waals surface area contributed by atoms with Crippen LogP contribution in [0.2, 0.25) is 0 Å². The van der Waals surface area contributed by atoms with E-state index in [4.69, 9.17) is 9.47 Å². The number of hydrogen-bond acceptors (Lipinski definition) is 6. The second-order valence-corrected chi connectivity index (χ2v) is 8.39. The molecule has 158 valence electrons. The van der Waals surface area contributed by atoms with Gasteiger partial charge in [-0.25, -0.2) is 14.7 Å². The van der Waals surface area contributed by atoms with E-state index in [1.807, 2.05) is 6.07 Å². The highest BCUT2D eigenvalue weighted by Gasteiger charge is 2.28. The highest BCUT2D eigenvalue weighted by molar-refractivity contribution is 9.10. The van der Waals surface area contributed by atoms with Gasteiger partial charge in [0.05, 0.1) is 6.61 Å². The van der Waals surface area contributed by atoms with Gasteiger partial charge in [-0.3, -0.25) is 4.79 Å². The van der Waals surface area contributed by atoms with Gasteiger partial charge in [-0.1, -0.05) is 6.07 Å². The van der Waals surface area contributed by atoms with Crippen molar-refractivity contribution in [3.63, 3.8) is 0 Å². The van der Waals surface area contributed by atoms with Crippen molar-refractivity contribution < 1.29 is 14.3 Å². The first-order valence-corrected chi connectivity index (χ1v) is 9.95. The molecular weight excluding hydrogens is 440 g/mol. The summed E-state index contributed by atoms with van der Waals surface area (Å²) in [4.78, 5) is 31.2. The molecule has 29 heavy (non-hydrogen) atoms. The summed E-state index contributed by atoms with van der Waals surface area (Å²) in [5, 5.41) is 3.23. The number of nitrogens with one attached hydrogen (secondary N) is 1. The lowest BCUT2D eigenvalue weighted by Gasteiger charge is -2.26. The van der Waals surface area contributed by atoms with Crippen molar-refractivity contribution in [3.8, 4) is 0 Å². The van der Waals surface area contributed by atoms with E-state index < -0.39 is 11.7 Å². The second kappa shape index (κ2) is 10.00. The number of anilines is 2. The van der Waals surface area contributed by atoms with Crippen LogP contribution >= 0.6 is 15.9 Å². The van der Waals surface area contributed by atoms with Gasteiger partial charge in [-0.2, -0.15) is 0 Å².